The second-order valence-corrected chi connectivity index (χ2v) is 9.85. The van der Waals surface area contributed by atoms with Crippen molar-refractivity contribution in [1.29, 1.82) is 0 Å². The van der Waals surface area contributed by atoms with Gasteiger partial charge in [0.15, 0.2) is 0 Å². The number of hydrogen-bond acceptors (Lipinski definition) is 5. The molecule has 0 aromatic heterocycles. The van der Waals surface area contributed by atoms with Crippen LogP contribution in [0.15, 0.2) is 72.8 Å². The highest BCUT2D eigenvalue weighted by atomic mass is 16.3. The van der Waals surface area contributed by atoms with Crippen LogP contribution in [0.2, 0.25) is 0 Å². The molecule has 0 bridgehead atoms. The molecular weight excluding hydrogens is 440 g/mol. The molecule has 0 aliphatic rings. The van der Waals surface area contributed by atoms with Crippen LogP contribution in [0.5, 0.6) is 11.5 Å². The topological polar surface area (TPSA) is 102 Å². The Labute approximate surface area is 207 Å². The summed E-state index contributed by atoms with van der Waals surface area (Å²) in [7, 11) is 0. The molecule has 3 rings (SSSR count). The summed E-state index contributed by atoms with van der Waals surface area (Å²) in [6, 6.07) is 22.3. The fourth-order valence-corrected chi connectivity index (χ4v) is 4.14. The van der Waals surface area contributed by atoms with Gasteiger partial charge >= 0.3 is 0 Å². The minimum atomic E-state index is -0.874. The van der Waals surface area contributed by atoms with Crippen molar-refractivity contribution in [3.8, 4) is 11.5 Å². The number of carbonyl (C=O) groups excluding carboxylic acids is 1. The van der Waals surface area contributed by atoms with Crippen LogP contribution in [0.4, 0.5) is 0 Å². The lowest BCUT2D eigenvalue weighted by Gasteiger charge is -2.28. The van der Waals surface area contributed by atoms with E-state index >= 15 is 0 Å². The standard InChI is InChI=1S/C29H36N2O4/c1-20(23-10-5-4-6-11-23)18-30-28(35)13-21-8-7-9-22(12-21)17-29(2,3)31-19-27(34)24-14-25(32)16-26(33)15-24/h4-12,14-16,20,27,31-34H,13,17-19H2,1-3H3,(H,30,35)/t20-,27-/m0/s1. The molecule has 0 aliphatic heterocycles. The van der Waals surface area contributed by atoms with Gasteiger partial charge in [0, 0.05) is 24.7 Å². The number of β-amino-alcohol motifs (C(OH)–C–C–N with tert-alkyl or cyclic N) is 1. The molecule has 0 fully saturated rings. The van der Waals surface area contributed by atoms with Gasteiger partial charge in [-0.05, 0) is 60.6 Å². The molecule has 35 heavy (non-hydrogen) atoms. The van der Waals surface area contributed by atoms with Crippen molar-refractivity contribution in [2.24, 2.45) is 0 Å². The van der Waals surface area contributed by atoms with Gasteiger partial charge in [-0.2, -0.15) is 0 Å². The number of carbonyl (C=O) groups is 1. The summed E-state index contributed by atoms with van der Waals surface area (Å²) in [5.41, 5.74) is 3.37. The molecule has 0 saturated heterocycles. The highest BCUT2D eigenvalue weighted by Gasteiger charge is 2.21. The van der Waals surface area contributed by atoms with Gasteiger partial charge in [-0.25, -0.2) is 0 Å². The fourth-order valence-electron chi connectivity index (χ4n) is 4.14. The summed E-state index contributed by atoms with van der Waals surface area (Å²) in [6.07, 6.45) is 0.148. The molecule has 186 valence electrons. The normalized spacial score (nSPS) is 13.3. The maximum Gasteiger partial charge on any atom is 0.224 e. The van der Waals surface area contributed by atoms with Gasteiger partial charge in [0.05, 0.1) is 12.5 Å². The van der Waals surface area contributed by atoms with Gasteiger partial charge in [-0.15, -0.1) is 0 Å². The number of nitrogens with one attached hydrogen (secondary N) is 2. The first-order chi connectivity index (χ1) is 16.6. The third kappa shape index (κ3) is 8.42. The van der Waals surface area contributed by atoms with Crippen molar-refractivity contribution in [3.05, 3.63) is 95.1 Å². The van der Waals surface area contributed by atoms with E-state index in [1.807, 2.05) is 56.3 Å². The lowest BCUT2D eigenvalue weighted by atomic mass is 9.93. The molecule has 5 N–H and O–H groups in total. The zero-order valence-electron chi connectivity index (χ0n) is 20.7. The second-order valence-electron chi connectivity index (χ2n) is 9.85. The van der Waals surface area contributed by atoms with Crippen LogP contribution >= 0.6 is 0 Å². The number of phenolic OH excluding ortho intramolecular Hbond substituents is 2. The number of amides is 1. The van der Waals surface area contributed by atoms with Crippen molar-refractivity contribution < 1.29 is 20.1 Å². The quantitative estimate of drug-likeness (QED) is 0.285. The molecular formula is C29H36N2O4. The van der Waals surface area contributed by atoms with Gasteiger partial charge in [-0.1, -0.05) is 61.5 Å². The highest BCUT2D eigenvalue weighted by molar-refractivity contribution is 5.78. The molecule has 3 aromatic carbocycles. The summed E-state index contributed by atoms with van der Waals surface area (Å²) >= 11 is 0. The first-order valence-electron chi connectivity index (χ1n) is 12.0. The second kappa shape index (κ2) is 11.9. The van der Waals surface area contributed by atoms with Crippen molar-refractivity contribution in [3.63, 3.8) is 0 Å². The van der Waals surface area contributed by atoms with E-state index in [0.29, 0.717) is 24.9 Å². The summed E-state index contributed by atoms with van der Waals surface area (Å²) in [4.78, 5) is 12.5. The van der Waals surface area contributed by atoms with Gasteiger partial charge in [0.2, 0.25) is 5.91 Å². The van der Waals surface area contributed by atoms with Crippen LogP contribution in [-0.4, -0.2) is 39.9 Å². The smallest absolute Gasteiger partial charge is 0.224 e. The van der Waals surface area contributed by atoms with Crippen molar-refractivity contribution in [2.45, 2.75) is 51.2 Å². The van der Waals surface area contributed by atoms with Gasteiger partial charge in [0.25, 0.3) is 0 Å². The molecule has 0 aliphatic carbocycles. The average Bonchev–Trinajstić information content (AvgIpc) is 2.81. The van der Waals surface area contributed by atoms with Gasteiger partial charge < -0.3 is 26.0 Å². The Morgan fingerprint density at radius 3 is 2.20 bits per heavy atom. The SMILES string of the molecule is C[C@@H](CNC(=O)Cc1cccc(CC(C)(C)NC[C@H](O)c2cc(O)cc(O)c2)c1)c1ccccc1. The maximum atomic E-state index is 12.5. The maximum absolute atomic E-state index is 12.5. The number of aliphatic hydroxyl groups excluding tert-OH is 1. The van der Waals surface area contributed by atoms with Crippen molar-refractivity contribution >= 4 is 5.91 Å². The number of benzene rings is 3. The Morgan fingerprint density at radius 1 is 0.857 bits per heavy atom. The number of rotatable bonds is 11. The average molecular weight is 477 g/mol. The van der Waals surface area contributed by atoms with Gasteiger partial charge in [0.1, 0.15) is 11.5 Å². The van der Waals surface area contributed by atoms with Crippen LogP contribution in [0.3, 0.4) is 0 Å². The van der Waals surface area contributed by atoms with Crippen LogP contribution in [0, 0.1) is 0 Å². The first-order valence-corrected chi connectivity index (χ1v) is 12.0. The highest BCUT2D eigenvalue weighted by Crippen LogP contribution is 2.25. The Hall–Kier alpha value is -3.35. The predicted molar refractivity (Wildman–Crippen MR) is 139 cm³/mol. The molecule has 2 atom stereocenters. The predicted octanol–water partition coefficient (Wildman–Crippen LogP) is 4.20. The van der Waals surface area contributed by atoms with Crippen molar-refractivity contribution in [2.75, 3.05) is 13.1 Å². The molecule has 3 aromatic rings. The minimum absolute atomic E-state index is 0.000181. The molecule has 0 unspecified atom stereocenters. The lowest BCUT2D eigenvalue weighted by Crippen LogP contribution is -2.43. The van der Waals surface area contributed by atoms with Crippen LogP contribution in [0.1, 0.15) is 55.0 Å². The molecule has 0 radical (unpaired) electrons. The van der Waals surface area contributed by atoms with Crippen molar-refractivity contribution in [1.82, 2.24) is 10.6 Å². The van der Waals surface area contributed by atoms with Gasteiger partial charge in [-0.3, -0.25) is 4.79 Å². The number of aliphatic hydroxyl groups is 1. The Balaban J connectivity index is 1.51. The van der Waals surface area contributed by atoms with Crippen LogP contribution in [0.25, 0.3) is 0 Å². The van der Waals surface area contributed by atoms with E-state index in [1.165, 1.54) is 23.8 Å². The van der Waals surface area contributed by atoms with E-state index in [4.69, 9.17) is 0 Å². The summed E-state index contributed by atoms with van der Waals surface area (Å²) in [6.45, 7) is 7.05. The fraction of sp³-hybridized carbons (Fsp3) is 0.345. The number of hydrogen-bond donors (Lipinski definition) is 5. The zero-order valence-corrected chi connectivity index (χ0v) is 20.7. The van der Waals surface area contributed by atoms with E-state index in [2.05, 4.69) is 29.7 Å². The van der Waals surface area contributed by atoms with E-state index in [0.717, 1.165) is 11.1 Å². The molecule has 0 saturated carbocycles. The Morgan fingerprint density at radius 2 is 1.51 bits per heavy atom. The van der Waals surface area contributed by atoms with Crippen LogP contribution < -0.4 is 10.6 Å². The van der Waals surface area contributed by atoms with E-state index in [-0.39, 0.29) is 35.4 Å². The number of aromatic hydroxyl groups is 2. The molecule has 0 spiro atoms. The van der Waals surface area contributed by atoms with E-state index in [1.54, 1.807) is 0 Å². The third-order valence-corrected chi connectivity index (χ3v) is 6.06. The summed E-state index contributed by atoms with van der Waals surface area (Å²) < 4.78 is 0. The Bertz CT molecular complexity index is 1090. The molecule has 0 heterocycles. The minimum Gasteiger partial charge on any atom is -0.508 e. The molecule has 6 nitrogen and oxygen atoms in total. The van der Waals surface area contributed by atoms with E-state index < -0.39 is 6.10 Å². The monoisotopic (exact) mass is 476 g/mol. The Kier molecular flexibility index (Phi) is 8.90. The van der Waals surface area contributed by atoms with Crippen LogP contribution in [-0.2, 0) is 17.6 Å². The first kappa shape index (κ1) is 26.3. The molecule has 6 heteroatoms. The number of phenols is 2. The lowest BCUT2D eigenvalue weighted by molar-refractivity contribution is -0.120. The van der Waals surface area contributed by atoms with E-state index in [9.17, 15) is 20.1 Å². The zero-order chi connectivity index (χ0) is 25.4. The largest absolute Gasteiger partial charge is 0.508 e. The summed E-state index contributed by atoms with van der Waals surface area (Å²) in [5, 5.41) is 36.2. The third-order valence-electron chi connectivity index (χ3n) is 6.06. The molecule has 1 amide bonds. The summed E-state index contributed by atoms with van der Waals surface area (Å²) in [5.74, 6) is 0.0692.